The van der Waals surface area contributed by atoms with Crippen molar-refractivity contribution in [2.75, 3.05) is 32.8 Å². The Balaban J connectivity index is 1.32. The van der Waals surface area contributed by atoms with Gasteiger partial charge in [0, 0.05) is 37.9 Å². The maximum atomic E-state index is 12.2. The molecule has 1 aliphatic carbocycles. The zero-order chi connectivity index (χ0) is 15.5. The Bertz CT molecular complexity index is 414. The van der Waals surface area contributed by atoms with Crippen molar-refractivity contribution in [3.05, 3.63) is 0 Å². The second-order valence-corrected chi connectivity index (χ2v) is 6.69. The molecule has 0 spiro atoms. The molecule has 2 aliphatic heterocycles. The molecule has 0 aromatic carbocycles. The van der Waals surface area contributed by atoms with E-state index in [1.165, 1.54) is 0 Å². The first-order chi connectivity index (χ1) is 10.6. The zero-order valence-electron chi connectivity index (χ0n) is 13.3. The lowest BCUT2D eigenvalue weighted by Crippen LogP contribution is -2.42. The van der Waals surface area contributed by atoms with Crippen LogP contribution in [0.4, 0.5) is 0 Å². The molecule has 2 unspecified atom stereocenters. The van der Waals surface area contributed by atoms with Crippen molar-refractivity contribution in [3.63, 3.8) is 0 Å². The lowest BCUT2D eigenvalue weighted by Gasteiger charge is -2.33. The Morgan fingerprint density at radius 1 is 1.18 bits per heavy atom. The lowest BCUT2D eigenvalue weighted by atomic mass is 9.96. The van der Waals surface area contributed by atoms with Crippen molar-refractivity contribution in [1.29, 1.82) is 0 Å². The maximum Gasteiger partial charge on any atom is 0.224 e. The van der Waals surface area contributed by atoms with Gasteiger partial charge in [-0.2, -0.15) is 0 Å². The number of carbonyl (C=O) groups excluding carboxylic acids is 2. The largest absolute Gasteiger partial charge is 0.355 e. The number of rotatable bonds is 5. The normalized spacial score (nSPS) is 29.6. The molecular formula is C16H26N2O4. The fourth-order valence-electron chi connectivity index (χ4n) is 3.34. The van der Waals surface area contributed by atoms with Gasteiger partial charge in [-0.15, -0.1) is 0 Å². The molecule has 1 saturated carbocycles. The Labute approximate surface area is 131 Å². The number of piperidine rings is 1. The van der Waals surface area contributed by atoms with Crippen LogP contribution in [0.25, 0.3) is 0 Å². The molecule has 6 heteroatoms. The molecule has 0 aromatic rings. The number of hydrogen-bond donors (Lipinski definition) is 1. The van der Waals surface area contributed by atoms with Gasteiger partial charge in [0.05, 0.1) is 13.2 Å². The van der Waals surface area contributed by atoms with Crippen molar-refractivity contribution in [2.45, 2.75) is 38.9 Å². The predicted octanol–water partition coefficient (Wildman–Crippen LogP) is 0.760. The molecule has 0 radical (unpaired) electrons. The SMILES string of the molecule is CC1CC1C(=O)NCCC(=O)N1CCC(C2OCCO2)CC1. The minimum atomic E-state index is -0.0722. The van der Waals surface area contributed by atoms with Crippen LogP contribution in [0.1, 0.15) is 32.6 Å². The summed E-state index contributed by atoms with van der Waals surface area (Å²) in [6.45, 7) is 5.43. The topological polar surface area (TPSA) is 67.9 Å². The van der Waals surface area contributed by atoms with Gasteiger partial charge in [-0.05, 0) is 25.2 Å². The number of likely N-dealkylation sites (tertiary alicyclic amines) is 1. The molecule has 6 nitrogen and oxygen atoms in total. The molecule has 1 N–H and O–H groups in total. The first-order valence-electron chi connectivity index (χ1n) is 8.44. The third-order valence-electron chi connectivity index (χ3n) is 5.01. The van der Waals surface area contributed by atoms with Gasteiger partial charge in [0.2, 0.25) is 11.8 Å². The minimum Gasteiger partial charge on any atom is -0.355 e. The van der Waals surface area contributed by atoms with E-state index in [4.69, 9.17) is 9.47 Å². The van der Waals surface area contributed by atoms with Crippen LogP contribution < -0.4 is 5.32 Å². The predicted molar refractivity (Wildman–Crippen MR) is 79.9 cm³/mol. The Kier molecular flexibility index (Phi) is 4.98. The van der Waals surface area contributed by atoms with Gasteiger partial charge in [-0.3, -0.25) is 9.59 Å². The standard InChI is InChI=1S/C16H26N2O4/c1-11-10-13(11)15(20)17-5-2-14(19)18-6-3-12(4-7-18)16-21-8-9-22-16/h11-13,16H,2-10H2,1H3,(H,17,20). The van der Waals surface area contributed by atoms with Gasteiger partial charge in [0.15, 0.2) is 6.29 Å². The lowest BCUT2D eigenvalue weighted by molar-refractivity contribution is -0.136. The maximum absolute atomic E-state index is 12.2. The summed E-state index contributed by atoms with van der Waals surface area (Å²) < 4.78 is 11.1. The summed E-state index contributed by atoms with van der Waals surface area (Å²) in [5.74, 6) is 1.33. The second kappa shape index (κ2) is 6.96. The molecule has 0 bridgehead atoms. The average molecular weight is 310 g/mol. The van der Waals surface area contributed by atoms with E-state index in [2.05, 4.69) is 12.2 Å². The summed E-state index contributed by atoms with van der Waals surface area (Å²) in [4.78, 5) is 25.8. The molecule has 3 aliphatic rings. The molecule has 2 amide bonds. The number of nitrogens with one attached hydrogen (secondary N) is 1. The highest BCUT2D eigenvalue weighted by molar-refractivity contribution is 5.82. The van der Waals surface area contributed by atoms with E-state index in [-0.39, 0.29) is 24.0 Å². The van der Waals surface area contributed by atoms with Crippen molar-refractivity contribution in [3.8, 4) is 0 Å². The van der Waals surface area contributed by atoms with Crippen molar-refractivity contribution < 1.29 is 19.1 Å². The highest BCUT2D eigenvalue weighted by Crippen LogP contribution is 2.37. The molecule has 0 aromatic heterocycles. The first-order valence-corrected chi connectivity index (χ1v) is 8.44. The van der Waals surface area contributed by atoms with Gasteiger partial charge in [0.1, 0.15) is 0 Å². The Morgan fingerprint density at radius 3 is 2.41 bits per heavy atom. The fourth-order valence-corrected chi connectivity index (χ4v) is 3.34. The van der Waals surface area contributed by atoms with Gasteiger partial charge in [0.25, 0.3) is 0 Å². The van der Waals surface area contributed by atoms with Gasteiger partial charge < -0.3 is 19.7 Å². The smallest absolute Gasteiger partial charge is 0.224 e. The second-order valence-electron chi connectivity index (χ2n) is 6.69. The summed E-state index contributed by atoms with van der Waals surface area (Å²) in [7, 11) is 0. The number of nitrogens with zero attached hydrogens (tertiary/aromatic N) is 1. The van der Waals surface area contributed by atoms with E-state index < -0.39 is 0 Å². The first kappa shape index (κ1) is 15.7. The molecule has 2 heterocycles. The van der Waals surface area contributed by atoms with Crippen LogP contribution in [0.15, 0.2) is 0 Å². The summed E-state index contributed by atoms with van der Waals surface area (Å²) in [6.07, 6.45) is 3.18. The number of carbonyl (C=O) groups is 2. The van der Waals surface area contributed by atoms with Crippen molar-refractivity contribution in [2.24, 2.45) is 17.8 Å². The highest BCUT2D eigenvalue weighted by atomic mass is 16.7. The third kappa shape index (κ3) is 3.79. The fraction of sp³-hybridized carbons (Fsp3) is 0.875. The van der Waals surface area contributed by atoms with Crippen LogP contribution in [0.2, 0.25) is 0 Å². The summed E-state index contributed by atoms with van der Waals surface area (Å²) >= 11 is 0. The monoisotopic (exact) mass is 310 g/mol. The third-order valence-corrected chi connectivity index (χ3v) is 5.01. The summed E-state index contributed by atoms with van der Waals surface area (Å²) in [5, 5.41) is 2.87. The zero-order valence-corrected chi connectivity index (χ0v) is 13.3. The van der Waals surface area contributed by atoms with E-state index in [0.29, 0.717) is 38.0 Å². The molecule has 2 atom stereocenters. The number of ether oxygens (including phenoxy) is 2. The molecule has 2 saturated heterocycles. The van der Waals surface area contributed by atoms with Gasteiger partial charge >= 0.3 is 0 Å². The Hall–Kier alpha value is -1.14. The van der Waals surface area contributed by atoms with Crippen LogP contribution in [0.5, 0.6) is 0 Å². The highest BCUT2D eigenvalue weighted by Gasteiger charge is 2.39. The summed E-state index contributed by atoms with van der Waals surface area (Å²) in [5.41, 5.74) is 0. The van der Waals surface area contributed by atoms with E-state index in [1.54, 1.807) is 0 Å². The molecule has 22 heavy (non-hydrogen) atoms. The number of amides is 2. The van der Waals surface area contributed by atoms with E-state index in [9.17, 15) is 9.59 Å². The van der Waals surface area contributed by atoms with Gasteiger partial charge in [-0.25, -0.2) is 0 Å². The van der Waals surface area contributed by atoms with Crippen LogP contribution in [-0.4, -0.2) is 55.9 Å². The van der Waals surface area contributed by atoms with E-state index in [0.717, 1.165) is 32.4 Å². The molecular weight excluding hydrogens is 284 g/mol. The van der Waals surface area contributed by atoms with Gasteiger partial charge in [-0.1, -0.05) is 6.92 Å². The van der Waals surface area contributed by atoms with Crippen LogP contribution in [0.3, 0.4) is 0 Å². The molecule has 3 rings (SSSR count). The quantitative estimate of drug-likeness (QED) is 0.814. The molecule has 124 valence electrons. The van der Waals surface area contributed by atoms with E-state index in [1.807, 2.05) is 4.90 Å². The van der Waals surface area contributed by atoms with Crippen molar-refractivity contribution >= 4 is 11.8 Å². The summed E-state index contributed by atoms with van der Waals surface area (Å²) in [6, 6.07) is 0. The van der Waals surface area contributed by atoms with E-state index >= 15 is 0 Å². The van der Waals surface area contributed by atoms with Crippen LogP contribution >= 0.6 is 0 Å². The van der Waals surface area contributed by atoms with Crippen LogP contribution in [-0.2, 0) is 19.1 Å². The molecule has 3 fully saturated rings. The minimum absolute atomic E-state index is 0.0722. The Morgan fingerprint density at radius 2 is 1.82 bits per heavy atom. The average Bonchev–Trinajstić information content (AvgIpc) is 3.03. The van der Waals surface area contributed by atoms with Crippen LogP contribution in [0, 0.1) is 17.8 Å². The number of hydrogen-bond acceptors (Lipinski definition) is 4. The van der Waals surface area contributed by atoms with Crippen molar-refractivity contribution in [1.82, 2.24) is 10.2 Å².